The molecule has 0 aliphatic heterocycles. The van der Waals surface area contributed by atoms with Crippen LogP contribution in [0.25, 0.3) is 6.08 Å². The maximum atomic E-state index is 6.11. The summed E-state index contributed by atoms with van der Waals surface area (Å²) in [5.74, 6) is 1.80. The van der Waals surface area contributed by atoms with Crippen molar-refractivity contribution in [3.05, 3.63) is 42.0 Å². The normalized spacial score (nSPS) is 13.1. The lowest BCUT2D eigenvalue weighted by molar-refractivity contribution is 0.354. The average Bonchev–Trinajstić information content (AvgIpc) is 2.33. The molecule has 0 aliphatic carbocycles. The Morgan fingerprint density at radius 2 is 1.79 bits per heavy atom. The second-order valence-electron chi connectivity index (χ2n) is 6.21. The van der Waals surface area contributed by atoms with E-state index in [4.69, 9.17) is 4.43 Å². The minimum Gasteiger partial charge on any atom is -0.408 e. The van der Waals surface area contributed by atoms with E-state index in [0.717, 1.165) is 11.7 Å². The van der Waals surface area contributed by atoms with Crippen molar-refractivity contribution in [2.24, 2.45) is 0 Å². The van der Waals surface area contributed by atoms with Gasteiger partial charge in [-0.3, -0.25) is 0 Å². The van der Waals surface area contributed by atoms with Gasteiger partial charge in [0, 0.05) is 5.75 Å². The summed E-state index contributed by atoms with van der Waals surface area (Å²) in [7, 11) is -1.57. The van der Waals surface area contributed by atoms with Crippen LogP contribution in [-0.2, 0) is 4.43 Å². The minimum atomic E-state index is -1.57. The van der Waals surface area contributed by atoms with E-state index >= 15 is 0 Å². The fourth-order valence-electron chi connectivity index (χ4n) is 1.27. The van der Waals surface area contributed by atoms with Gasteiger partial charge in [0.25, 0.3) is 0 Å². The van der Waals surface area contributed by atoms with Gasteiger partial charge >= 0.3 is 0 Å². The molecule has 19 heavy (non-hydrogen) atoms. The second-order valence-corrected chi connectivity index (χ2v) is 12.0. The maximum Gasteiger partial charge on any atom is 0.193 e. The maximum absolute atomic E-state index is 6.11. The van der Waals surface area contributed by atoms with Crippen LogP contribution in [0, 0.1) is 0 Å². The monoisotopic (exact) mass is 294 g/mol. The van der Waals surface area contributed by atoms with Crippen molar-refractivity contribution in [1.29, 1.82) is 0 Å². The predicted octanol–water partition coefficient (Wildman–Crippen LogP) is 5.41. The van der Waals surface area contributed by atoms with Crippen molar-refractivity contribution in [1.82, 2.24) is 0 Å². The molecule has 3 heteroatoms. The highest BCUT2D eigenvalue weighted by Gasteiger charge is 2.36. The molecule has 0 atom stereocenters. The lowest BCUT2D eigenvalue weighted by Crippen LogP contribution is -2.40. The minimum absolute atomic E-state index is 0.299. The average molecular weight is 295 g/mol. The van der Waals surface area contributed by atoms with Gasteiger partial charge in [-0.05, 0) is 23.7 Å². The molecule has 0 bridgehead atoms. The predicted molar refractivity (Wildman–Crippen MR) is 91.1 cm³/mol. The quantitative estimate of drug-likeness (QED) is 0.394. The lowest BCUT2D eigenvalue weighted by atomic mass is 10.2. The van der Waals surface area contributed by atoms with Gasteiger partial charge in [-0.1, -0.05) is 63.3 Å². The van der Waals surface area contributed by atoms with Gasteiger partial charge in [0.2, 0.25) is 0 Å². The summed E-state index contributed by atoms with van der Waals surface area (Å²) in [6.45, 7) is 11.4. The lowest BCUT2D eigenvalue weighted by Gasteiger charge is -2.35. The van der Waals surface area contributed by atoms with Crippen LogP contribution in [0.5, 0.6) is 0 Å². The number of benzene rings is 1. The summed E-state index contributed by atoms with van der Waals surface area (Å²) in [5.41, 5.74) is 1.26. The van der Waals surface area contributed by atoms with Crippen LogP contribution in [0.4, 0.5) is 0 Å². The summed E-state index contributed by atoms with van der Waals surface area (Å²) < 4.78 is 6.11. The number of rotatable bonds is 6. The molecular weight excluding hydrogens is 268 g/mol. The molecule has 1 rings (SSSR count). The van der Waals surface area contributed by atoms with Gasteiger partial charge < -0.3 is 4.43 Å². The molecule has 0 aromatic heterocycles. The first-order valence-corrected chi connectivity index (χ1v) is 10.8. The van der Waals surface area contributed by atoms with Crippen LogP contribution in [0.2, 0.25) is 18.1 Å². The van der Waals surface area contributed by atoms with Crippen LogP contribution in [0.3, 0.4) is 0 Å². The highest BCUT2D eigenvalue weighted by Crippen LogP contribution is 2.36. The van der Waals surface area contributed by atoms with Gasteiger partial charge in [0.15, 0.2) is 8.32 Å². The van der Waals surface area contributed by atoms with Crippen LogP contribution in [0.15, 0.2) is 36.4 Å². The smallest absolute Gasteiger partial charge is 0.193 e. The fraction of sp³-hybridized carbons (Fsp3) is 0.500. The SMILES string of the molecule is CC(C)(C)[Si](C)(C)OCSC/C=C/c1ccccc1. The topological polar surface area (TPSA) is 9.23 Å². The molecule has 0 radical (unpaired) electrons. The van der Waals surface area contributed by atoms with Crippen LogP contribution in [-0.4, -0.2) is 20.0 Å². The third kappa shape index (κ3) is 5.98. The van der Waals surface area contributed by atoms with Crippen molar-refractivity contribution < 1.29 is 4.43 Å². The van der Waals surface area contributed by atoms with Gasteiger partial charge in [0.05, 0.1) is 5.94 Å². The van der Waals surface area contributed by atoms with Crippen LogP contribution < -0.4 is 0 Å². The molecule has 1 aromatic rings. The molecule has 106 valence electrons. The first-order valence-electron chi connectivity index (χ1n) is 6.76. The van der Waals surface area contributed by atoms with E-state index in [2.05, 4.69) is 70.3 Å². The summed E-state index contributed by atoms with van der Waals surface area (Å²) in [5, 5.41) is 0.299. The third-order valence-electron chi connectivity index (χ3n) is 3.63. The molecule has 0 unspecified atom stereocenters. The van der Waals surface area contributed by atoms with Crippen molar-refractivity contribution in [3.8, 4) is 0 Å². The van der Waals surface area contributed by atoms with E-state index in [9.17, 15) is 0 Å². The summed E-state index contributed by atoms with van der Waals surface area (Å²) in [6, 6.07) is 10.4. The number of hydrogen-bond acceptors (Lipinski definition) is 2. The Morgan fingerprint density at radius 1 is 1.16 bits per heavy atom. The Labute approximate surface area is 123 Å². The standard InChI is InChI=1S/C16H26OSSi/c1-16(2,3)19(4,5)17-14-18-13-9-12-15-10-7-6-8-11-15/h6-12H,13-14H2,1-5H3/b12-9+. The molecule has 0 amide bonds. The third-order valence-corrected chi connectivity index (χ3v) is 9.03. The Kier molecular flexibility index (Phi) is 6.37. The first kappa shape index (κ1) is 16.5. The molecule has 0 saturated carbocycles. The molecule has 1 nitrogen and oxygen atoms in total. The number of hydrogen-bond donors (Lipinski definition) is 0. The first-order chi connectivity index (χ1) is 8.83. The number of thioether (sulfide) groups is 1. The van der Waals surface area contributed by atoms with Gasteiger partial charge in [0.1, 0.15) is 0 Å². The van der Waals surface area contributed by atoms with E-state index in [0.29, 0.717) is 5.04 Å². The van der Waals surface area contributed by atoms with E-state index in [-0.39, 0.29) is 0 Å². The van der Waals surface area contributed by atoms with Crippen molar-refractivity contribution in [3.63, 3.8) is 0 Å². The van der Waals surface area contributed by atoms with Crippen molar-refractivity contribution in [2.45, 2.75) is 38.9 Å². The van der Waals surface area contributed by atoms with Crippen LogP contribution >= 0.6 is 11.8 Å². The zero-order valence-electron chi connectivity index (χ0n) is 12.8. The zero-order valence-corrected chi connectivity index (χ0v) is 14.6. The summed E-state index contributed by atoms with van der Waals surface area (Å²) >= 11 is 1.84. The van der Waals surface area contributed by atoms with E-state index in [1.807, 2.05) is 17.8 Å². The summed E-state index contributed by atoms with van der Waals surface area (Å²) in [4.78, 5) is 0. The van der Waals surface area contributed by atoms with E-state index in [1.165, 1.54) is 5.56 Å². The fourth-order valence-corrected chi connectivity index (χ4v) is 3.54. The molecule has 1 aromatic carbocycles. The Hall–Kier alpha value is -0.513. The van der Waals surface area contributed by atoms with E-state index < -0.39 is 8.32 Å². The van der Waals surface area contributed by atoms with Crippen LogP contribution in [0.1, 0.15) is 26.3 Å². The zero-order chi connectivity index (χ0) is 14.4. The van der Waals surface area contributed by atoms with Crippen molar-refractivity contribution >= 4 is 26.2 Å². The Balaban J connectivity index is 2.24. The summed E-state index contributed by atoms with van der Waals surface area (Å²) in [6.07, 6.45) is 4.37. The second kappa shape index (κ2) is 7.32. The molecule has 0 heterocycles. The van der Waals surface area contributed by atoms with Gasteiger partial charge in [-0.15, -0.1) is 11.8 Å². The Bertz CT molecular complexity index is 393. The molecule has 0 spiro atoms. The molecule has 0 saturated heterocycles. The van der Waals surface area contributed by atoms with Gasteiger partial charge in [-0.25, -0.2) is 0 Å². The molecule has 0 fully saturated rings. The Morgan fingerprint density at radius 3 is 2.37 bits per heavy atom. The highest BCUT2D eigenvalue weighted by molar-refractivity contribution is 7.99. The molecule has 0 aliphatic rings. The largest absolute Gasteiger partial charge is 0.408 e. The molecular formula is C16H26OSSi. The molecule has 0 N–H and O–H groups in total. The van der Waals surface area contributed by atoms with Gasteiger partial charge in [-0.2, -0.15) is 0 Å². The van der Waals surface area contributed by atoms with Crippen molar-refractivity contribution in [2.75, 3.05) is 11.7 Å². The van der Waals surface area contributed by atoms with E-state index in [1.54, 1.807) is 0 Å². The highest BCUT2D eigenvalue weighted by atomic mass is 32.2.